The van der Waals surface area contributed by atoms with Crippen LogP contribution in [0.3, 0.4) is 0 Å². The molecule has 114 valence electrons. The van der Waals surface area contributed by atoms with Gasteiger partial charge in [0, 0.05) is 22.4 Å². The van der Waals surface area contributed by atoms with Crippen molar-refractivity contribution in [1.29, 1.82) is 0 Å². The number of aliphatic hydroxyl groups excluding tert-OH is 1. The molecule has 0 aliphatic rings. The Kier molecular flexibility index (Phi) is 6.05. The van der Waals surface area contributed by atoms with Crippen LogP contribution in [0.15, 0.2) is 52.3 Å². The summed E-state index contributed by atoms with van der Waals surface area (Å²) in [5.41, 5.74) is 3.52. The first-order chi connectivity index (χ1) is 10.7. The molecule has 7 heteroatoms. The van der Waals surface area contributed by atoms with Crippen LogP contribution in [0.1, 0.15) is 15.9 Å². The van der Waals surface area contributed by atoms with Gasteiger partial charge in [0.1, 0.15) is 12.4 Å². The molecule has 22 heavy (non-hydrogen) atoms. The summed E-state index contributed by atoms with van der Waals surface area (Å²) < 4.78 is 6.25. The number of aliphatic hydroxyl groups is 1. The van der Waals surface area contributed by atoms with E-state index in [4.69, 9.17) is 9.84 Å². The zero-order valence-corrected chi connectivity index (χ0v) is 13.2. The number of aromatic nitrogens is 1. The highest BCUT2D eigenvalue weighted by Gasteiger charge is 2.05. The SMILES string of the molecule is O=C(N/N=C\c1cc(Br)ccc1OCCO)c1cccnc1. The summed E-state index contributed by atoms with van der Waals surface area (Å²) in [6.45, 7) is 0.106. The van der Waals surface area contributed by atoms with Crippen LogP contribution in [0.25, 0.3) is 0 Å². The number of pyridine rings is 1. The Balaban J connectivity index is 2.06. The van der Waals surface area contributed by atoms with E-state index in [1.54, 1.807) is 30.5 Å². The van der Waals surface area contributed by atoms with E-state index in [0.717, 1.165) is 4.47 Å². The summed E-state index contributed by atoms with van der Waals surface area (Å²) in [5.74, 6) is 0.216. The monoisotopic (exact) mass is 363 g/mol. The zero-order chi connectivity index (χ0) is 15.8. The lowest BCUT2D eigenvalue weighted by atomic mass is 10.2. The highest BCUT2D eigenvalue weighted by molar-refractivity contribution is 9.10. The summed E-state index contributed by atoms with van der Waals surface area (Å²) in [7, 11) is 0. The highest BCUT2D eigenvalue weighted by Crippen LogP contribution is 2.21. The molecule has 0 atom stereocenters. The second-order valence-electron chi connectivity index (χ2n) is 4.20. The smallest absolute Gasteiger partial charge is 0.272 e. The fourth-order valence-corrected chi connectivity index (χ4v) is 2.01. The second kappa shape index (κ2) is 8.26. The van der Waals surface area contributed by atoms with Crippen LogP contribution in [-0.4, -0.2) is 35.4 Å². The van der Waals surface area contributed by atoms with Gasteiger partial charge in [-0.25, -0.2) is 5.43 Å². The number of ether oxygens (including phenoxy) is 1. The van der Waals surface area contributed by atoms with E-state index >= 15 is 0 Å². The highest BCUT2D eigenvalue weighted by atomic mass is 79.9. The van der Waals surface area contributed by atoms with E-state index in [0.29, 0.717) is 16.9 Å². The zero-order valence-electron chi connectivity index (χ0n) is 11.6. The minimum absolute atomic E-state index is 0.0790. The molecule has 0 saturated carbocycles. The van der Waals surface area contributed by atoms with Crippen molar-refractivity contribution in [1.82, 2.24) is 10.4 Å². The van der Waals surface area contributed by atoms with Crippen LogP contribution < -0.4 is 10.2 Å². The maximum Gasteiger partial charge on any atom is 0.272 e. The standard InChI is InChI=1S/C15H14BrN3O3/c16-13-3-4-14(22-7-6-20)12(8-13)10-18-19-15(21)11-2-1-5-17-9-11/h1-5,8-10,20H,6-7H2,(H,19,21)/b18-10-. The Morgan fingerprint density at radius 1 is 1.45 bits per heavy atom. The maximum atomic E-state index is 11.8. The Morgan fingerprint density at radius 2 is 2.32 bits per heavy atom. The van der Waals surface area contributed by atoms with E-state index in [-0.39, 0.29) is 19.1 Å². The van der Waals surface area contributed by atoms with Crippen molar-refractivity contribution < 1.29 is 14.6 Å². The van der Waals surface area contributed by atoms with Gasteiger partial charge in [-0.2, -0.15) is 5.10 Å². The summed E-state index contributed by atoms with van der Waals surface area (Å²) >= 11 is 3.36. The Labute approximate surface area is 136 Å². The lowest BCUT2D eigenvalue weighted by Crippen LogP contribution is -2.17. The number of amides is 1. The molecule has 0 bridgehead atoms. The van der Waals surface area contributed by atoms with Gasteiger partial charge in [0.05, 0.1) is 18.4 Å². The first-order valence-electron chi connectivity index (χ1n) is 6.47. The molecule has 2 N–H and O–H groups in total. The second-order valence-corrected chi connectivity index (χ2v) is 5.11. The Bertz CT molecular complexity index is 662. The Morgan fingerprint density at radius 3 is 3.05 bits per heavy atom. The van der Waals surface area contributed by atoms with Crippen molar-refractivity contribution >= 4 is 28.1 Å². The fourth-order valence-electron chi connectivity index (χ4n) is 1.63. The van der Waals surface area contributed by atoms with Crippen LogP contribution in [0.5, 0.6) is 5.75 Å². The van der Waals surface area contributed by atoms with Crippen molar-refractivity contribution in [2.24, 2.45) is 5.10 Å². The average molecular weight is 364 g/mol. The van der Waals surface area contributed by atoms with Gasteiger partial charge >= 0.3 is 0 Å². The average Bonchev–Trinajstić information content (AvgIpc) is 2.55. The van der Waals surface area contributed by atoms with Crippen LogP contribution in [0.4, 0.5) is 0 Å². The van der Waals surface area contributed by atoms with Crippen LogP contribution >= 0.6 is 15.9 Å². The van der Waals surface area contributed by atoms with Crippen molar-refractivity contribution in [3.63, 3.8) is 0 Å². The third kappa shape index (κ3) is 4.64. The molecule has 1 aromatic carbocycles. The molecule has 0 unspecified atom stereocenters. The molecule has 0 spiro atoms. The molecule has 0 aliphatic carbocycles. The summed E-state index contributed by atoms with van der Waals surface area (Å²) in [6, 6.07) is 8.69. The van der Waals surface area contributed by atoms with Crippen LogP contribution in [-0.2, 0) is 0 Å². The maximum absolute atomic E-state index is 11.8. The number of hydrazone groups is 1. The normalized spacial score (nSPS) is 10.6. The molecule has 1 heterocycles. The number of rotatable bonds is 6. The molecule has 0 saturated heterocycles. The summed E-state index contributed by atoms with van der Waals surface area (Å²) in [4.78, 5) is 15.7. The van der Waals surface area contributed by atoms with E-state index < -0.39 is 0 Å². The molecule has 0 fully saturated rings. The molecule has 0 aliphatic heterocycles. The van der Waals surface area contributed by atoms with Gasteiger partial charge in [-0.15, -0.1) is 0 Å². The molecule has 6 nitrogen and oxygen atoms in total. The fraction of sp³-hybridized carbons (Fsp3) is 0.133. The number of carbonyl (C=O) groups excluding carboxylic acids is 1. The van der Waals surface area contributed by atoms with E-state index in [2.05, 4.69) is 31.4 Å². The van der Waals surface area contributed by atoms with Crippen molar-refractivity contribution in [3.05, 3.63) is 58.3 Å². The number of nitrogens with one attached hydrogen (secondary N) is 1. The Hall–Kier alpha value is -2.25. The molecule has 1 aromatic heterocycles. The van der Waals surface area contributed by atoms with E-state index in [9.17, 15) is 4.79 Å². The van der Waals surface area contributed by atoms with Crippen LogP contribution in [0.2, 0.25) is 0 Å². The van der Waals surface area contributed by atoms with Gasteiger partial charge in [-0.1, -0.05) is 15.9 Å². The molecule has 2 rings (SSSR count). The van der Waals surface area contributed by atoms with Gasteiger partial charge < -0.3 is 9.84 Å². The van der Waals surface area contributed by atoms with Crippen molar-refractivity contribution in [2.75, 3.05) is 13.2 Å². The van der Waals surface area contributed by atoms with Gasteiger partial charge in [0.25, 0.3) is 5.91 Å². The third-order valence-electron chi connectivity index (χ3n) is 2.61. The van der Waals surface area contributed by atoms with Gasteiger partial charge in [0.2, 0.25) is 0 Å². The van der Waals surface area contributed by atoms with Crippen molar-refractivity contribution in [3.8, 4) is 5.75 Å². The van der Waals surface area contributed by atoms with Gasteiger partial charge in [-0.05, 0) is 30.3 Å². The first-order valence-corrected chi connectivity index (χ1v) is 7.26. The quantitative estimate of drug-likeness (QED) is 0.607. The number of carbonyl (C=O) groups is 1. The number of nitrogens with zero attached hydrogens (tertiary/aromatic N) is 2. The van der Waals surface area contributed by atoms with Crippen LogP contribution in [0, 0.1) is 0 Å². The van der Waals surface area contributed by atoms with E-state index in [1.165, 1.54) is 12.4 Å². The topological polar surface area (TPSA) is 83.8 Å². The first kappa shape index (κ1) is 16.1. The number of hydrogen-bond donors (Lipinski definition) is 2. The molecule has 2 aromatic rings. The lowest BCUT2D eigenvalue weighted by molar-refractivity contribution is 0.0954. The predicted molar refractivity (Wildman–Crippen MR) is 86.0 cm³/mol. The minimum Gasteiger partial charge on any atom is -0.491 e. The molecular weight excluding hydrogens is 350 g/mol. The molecule has 1 amide bonds. The van der Waals surface area contributed by atoms with E-state index in [1.807, 2.05) is 6.07 Å². The number of benzene rings is 1. The van der Waals surface area contributed by atoms with Gasteiger partial charge in [-0.3, -0.25) is 9.78 Å². The third-order valence-corrected chi connectivity index (χ3v) is 3.11. The van der Waals surface area contributed by atoms with Gasteiger partial charge in [0.15, 0.2) is 0 Å². The lowest BCUT2D eigenvalue weighted by Gasteiger charge is -2.08. The molecular formula is C15H14BrN3O3. The molecule has 0 radical (unpaired) electrons. The van der Waals surface area contributed by atoms with Crippen molar-refractivity contribution in [2.45, 2.75) is 0 Å². The minimum atomic E-state index is -0.350. The summed E-state index contributed by atoms with van der Waals surface area (Å²) in [5, 5.41) is 12.7. The number of halogens is 1. The summed E-state index contributed by atoms with van der Waals surface area (Å²) in [6.07, 6.45) is 4.53. The predicted octanol–water partition coefficient (Wildman–Crippen LogP) is 1.98. The largest absolute Gasteiger partial charge is 0.491 e. The number of hydrogen-bond acceptors (Lipinski definition) is 5.